The lowest BCUT2D eigenvalue weighted by atomic mass is 9.72. The second-order valence-electron chi connectivity index (χ2n) is 4.41. The second kappa shape index (κ2) is 7.85. The molecule has 0 aromatic heterocycles. The zero-order valence-electron chi connectivity index (χ0n) is 10.1. The minimum atomic E-state index is 0.480. The van der Waals surface area contributed by atoms with Crippen LogP contribution in [0.2, 0.25) is 0 Å². The van der Waals surface area contributed by atoms with Crippen LogP contribution in [0.5, 0.6) is 0 Å². The zero-order chi connectivity index (χ0) is 10.9. The lowest BCUT2D eigenvalue weighted by molar-refractivity contribution is 0.195. The molecule has 0 rings (SSSR count). The minimum absolute atomic E-state index is 0.480. The van der Waals surface area contributed by atoms with E-state index >= 15 is 0 Å². The highest BCUT2D eigenvalue weighted by Crippen LogP contribution is 2.39. The van der Waals surface area contributed by atoms with Gasteiger partial charge in [-0.3, -0.25) is 0 Å². The number of hydrogen-bond donors (Lipinski definition) is 0. The lowest BCUT2D eigenvalue weighted by Gasteiger charge is -2.32. The Bertz CT molecular complexity index is 150. The average Bonchev–Trinajstić information content (AvgIpc) is 2.16. The fourth-order valence-electron chi connectivity index (χ4n) is 2.66. The maximum atomic E-state index is 8.68. The van der Waals surface area contributed by atoms with Crippen LogP contribution in [0.1, 0.15) is 72.1 Å². The van der Waals surface area contributed by atoms with Crippen LogP contribution in [0.25, 0.3) is 0 Å². The van der Waals surface area contributed by atoms with E-state index in [0.717, 1.165) is 12.8 Å². The van der Waals surface area contributed by atoms with Crippen LogP contribution in [-0.4, -0.2) is 0 Å². The van der Waals surface area contributed by atoms with Gasteiger partial charge in [-0.2, -0.15) is 5.26 Å². The summed E-state index contributed by atoms with van der Waals surface area (Å²) in [7, 11) is 0. The first-order valence-electron chi connectivity index (χ1n) is 6.11. The molecule has 1 heteroatoms. The molecule has 0 amide bonds. The molecule has 0 atom stereocenters. The molecule has 14 heavy (non-hydrogen) atoms. The van der Waals surface area contributed by atoms with Crippen LogP contribution in [-0.2, 0) is 0 Å². The first-order valence-corrected chi connectivity index (χ1v) is 6.11. The third kappa shape index (κ3) is 4.65. The van der Waals surface area contributed by atoms with Gasteiger partial charge in [0.2, 0.25) is 0 Å². The molecule has 0 aromatic rings. The van der Waals surface area contributed by atoms with Gasteiger partial charge in [-0.15, -0.1) is 0 Å². The molecule has 0 aromatic carbocycles. The molecule has 82 valence electrons. The number of nitriles is 1. The van der Waals surface area contributed by atoms with E-state index in [4.69, 9.17) is 5.26 Å². The summed E-state index contributed by atoms with van der Waals surface area (Å²) in [6.07, 6.45) is 9.52. The minimum Gasteiger partial charge on any atom is -0.198 e. The van der Waals surface area contributed by atoms with Crippen molar-refractivity contribution in [2.45, 2.75) is 72.1 Å². The van der Waals surface area contributed by atoms with Crippen LogP contribution < -0.4 is 0 Å². The third-order valence-electron chi connectivity index (χ3n) is 3.11. The van der Waals surface area contributed by atoms with Crippen molar-refractivity contribution in [1.29, 1.82) is 5.26 Å². The van der Waals surface area contributed by atoms with Crippen molar-refractivity contribution in [3.63, 3.8) is 0 Å². The van der Waals surface area contributed by atoms with Crippen LogP contribution >= 0.6 is 0 Å². The summed E-state index contributed by atoms with van der Waals surface area (Å²) in [4.78, 5) is 0. The zero-order valence-corrected chi connectivity index (χ0v) is 10.1. The molecule has 0 N–H and O–H groups in total. The standard InChI is InChI=1S/C13H25N/c1-4-8-13(9-5-2,10-6-3)11-7-12-14/h4-11H2,1-3H3. The maximum Gasteiger partial charge on any atom is 0.0621 e. The van der Waals surface area contributed by atoms with Gasteiger partial charge >= 0.3 is 0 Å². The van der Waals surface area contributed by atoms with Crippen molar-refractivity contribution in [2.24, 2.45) is 5.41 Å². The molecular weight excluding hydrogens is 170 g/mol. The van der Waals surface area contributed by atoms with E-state index in [9.17, 15) is 0 Å². The second-order valence-corrected chi connectivity index (χ2v) is 4.41. The van der Waals surface area contributed by atoms with Crippen molar-refractivity contribution in [2.75, 3.05) is 0 Å². The van der Waals surface area contributed by atoms with Gasteiger partial charge in [0.1, 0.15) is 0 Å². The van der Waals surface area contributed by atoms with Gasteiger partial charge in [0.15, 0.2) is 0 Å². The molecule has 0 aliphatic carbocycles. The Balaban J connectivity index is 4.30. The van der Waals surface area contributed by atoms with Crippen LogP contribution in [0.15, 0.2) is 0 Å². The van der Waals surface area contributed by atoms with Crippen molar-refractivity contribution in [1.82, 2.24) is 0 Å². The van der Waals surface area contributed by atoms with E-state index in [2.05, 4.69) is 26.8 Å². The van der Waals surface area contributed by atoms with E-state index in [1.54, 1.807) is 0 Å². The summed E-state index contributed by atoms with van der Waals surface area (Å²) in [6, 6.07) is 2.30. The van der Waals surface area contributed by atoms with Gasteiger partial charge in [-0.05, 0) is 31.1 Å². The Morgan fingerprint density at radius 3 is 1.57 bits per heavy atom. The van der Waals surface area contributed by atoms with Gasteiger partial charge in [-0.1, -0.05) is 40.0 Å². The molecule has 0 saturated carbocycles. The summed E-state index contributed by atoms with van der Waals surface area (Å²) < 4.78 is 0. The Morgan fingerprint density at radius 1 is 0.857 bits per heavy atom. The van der Waals surface area contributed by atoms with Crippen molar-refractivity contribution in [3.05, 3.63) is 0 Å². The van der Waals surface area contributed by atoms with Crippen molar-refractivity contribution < 1.29 is 0 Å². The molecule has 0 heterocycles. The third-order valence-corrected chi connectivity index (χ3v) is 3.11. The summed E-state index contributed by atoms with van der Waals surface area (Å²) in [5.41, 5.74) is 0.480. The van der Waals surface area contributed by atoms with Gasteiger partial charge < -0.3 is 0 Å². The monoisotopic (exact) mass is 195 g/mol. The molecule has 0 unspecified atom stereocenters. The van der Waals surface area contributed by atoms with Crippen LogP contribution in [0.3, 0.4) is 0 Å². The fraction of sp³-hybridized carbons (Fsp3) is 0.923. The highest BCUT2D eigenvalue weighted by molar-refractivity contribution is 4.83. The van der Waals surface area contributed by atoms with E-state index in [0.29, 0.717) is 5.41 Å². The van der Waals surface area contributed by atoms with Crippen LogP contribution in [0, 0.1) is 16.7 Å². The molecule has 0 radical (unpaired) electrons. The highest BCUT2D eigenvalue weighted by Gasteiger charge is 2.26. The highest BCUT2D eigenvalue weighted by atomic mass is 14.3. The van der Waals surface area contributed by atoms with E-state index in [-0.39, 0.29) is 0 Å². The largest absolute Gasteiger partial charge is 0.198 e. The molecular formula is C13H25N. The topological polar surface area (TPSA) is 23.8 Å². The van der Waals surface area contributed by atoms with E-state index in [1.807, 2.05) is 0 Å². The summed E-state index contributed by atoms with van der Waals surface area (Å²) in [5.74, 6) is 0. The summed E-state index contributed by atoms with van der Waals surface area (Å²) >= 11 is 0. The van der Waals surface area contributed by atoms with Crippen LogP contribution in [0.4, 0.5) is 0 Å². The van der Waals surface area contributed by atoms with Gasteiger partial charge in [0.05, 0.1) is 6.07 Å². The molecule has 0 saturated heterocycles. The normalized spacial score (nSPS) is 11.3. The van der Waals surface area contributed by atoms with E-state index in [1.165, 1.54) is 38.5 Å². The Morgan fingerprint density at radius 2 is 1.29 bits per heavy atom. The maximum absolute atomic E-state index is 8.68. The number of nitrogens with zero attached hydrogens (tertiary/aromatic N) is 1. The first-order chi connectivity index (χ1) is 6.74. The number of hydrogen-bond acceptors (Lipinski definition) is 1. The molecule has 0 fully saturated rings. The average molecular weight is 195 g/mol. The fourth-order valence-corrected chi connectivity index (χ4v) is 2.66. The summed E-state index contributed by atoms with van der Waals surface area (Å²) in [5, 5.41) is 8.68. The molecule has 0 spiro atoms. The lowest BCUT2D eigenvalue weighted by Crippen LogP contribution is -2.20. The quantitative estimate of drug-likeness (QED) is 0.552. The van der Waals surface area contributed by atoms with Gasteiger partial charge in [0.25, 0.3) is 0 Å². The number of rotatable bonds is 8. The Kier molecular flexibility index (Phi) is 7.57. The molecule has 0 bridgehead atoms. The molecule has 0 aliphatic heterocycles. The smallest absolute Gasteiger partial charge is 0.0621 e. The van der Waals surface area contributed by atoms with Crippen molar-refractivity contribution in [3.8, 4) is 6.07 Å². The van der Waals surface area contributed by atoms with Gasteiger partial charge in [-0.25, -0.2) is 0 Å². The molecule has 1 nitrogen and oxygen atoms in total. The molecule has 0 aliphatic rings. The SMILES string of the molecule is CCCC(CCC)(CCC)CCC#N. The summed E-state index contributed by atoms with van der Waals surface area (Å²) in [6.45, 7) is 6.77. The first kappa shape index (κ1) is 13.5. The van der Waals surface area contributed by atoms with E-state index < -0.39 is 0 Å². The Labute approximate surface area is 89.5 Å². The van der Waals surface area contributed by atoms with Crippen molar-refractivity contribution >= 4 is 0 Å². The predicted molar refractivity (Wildman–Crippen MR) is 62.0 cm³/mol. The Hall–Kier alpha value is -0.510. The predicted octanol–water partition coefficient (Wildman–Crippen LogP) is 4.68. The van der Waals surface area contributed by atoms with Gasteiger partial charge in [0, 0.05) is 6.42 Å².